The molecule has 5 rings (SSSR count). The van der Waals surface area contributed by atoms with Crippen molar-refractivity contribution >= 4 is 0 Å². The van der Waals surface area contributed by atoms with Gasteiger partial charge in [-0.3, -0.25) is 0 Å². The number of para-hydroxylation sites is 1. The van der Waals surface area contributed by atoms with Gasteiger partial charge in [0.25, 0.3) is 0 Å². The Morgan fingerprint density at radius 1 is 0.545 bits per heavy atom. The predicted molar refractivity (Wildman–Crippen MR) is 129 cm³/mol. The van der Waals surface area contributed by atoms with Gasteiger partial charge in [0, 0.05) is 5.56 Å². The van der Waals surface area contributed by atoms with Crippen LogP contribution in [0.25, 0.3) is 11.1 Å². The molecule has 4 nitrogen and oxygen atoms in total. The van der Waals surface area contributed by atoms with Crippen molar-refractivity contribution in [1.82, 2.24) is 0 Å². The maximum absolute atomic E-state index is 9.43. The van der Waals surface area contributed by atoms with E-state index in [1.54, 1.807) is 0 Å². The quantitative estimate of drug-likeness (QED) is 0.366. The minimum atomic E-state index is -0.589. The first-order valence-corrected chi connectivity index (χ1v) is 11.2. The topological polar surface area (TPSA) is 58.9 Å². The molecule has 1 aliphatic rings. The van der Waals surface area contributed by atoms with Crippen molar-refractivity contribution in [3.05, 3.63) is 119 Å². The third-order valence-electron chi connectivity index (χ3n) is 6.24. The lowest BCUT2D eigenvalue weighted by Gasteiger charge is -2.35. The Labute approximate surface area is 193 Å². The van der Waals surface area contributed by atoms with Crippen LogP contribution in [0.15, 0.2) is 97.1 Å². The van der Waals surface area contributed by atoms with E-state index in [2.05, 4.69) is 66.7 Å². The molecule has 1 aliphatic carbocycles. The molecule has 0 bridgehead atoms. The van der Waals surface area contributed by atoms with Crippen LogP contribution in [0.2, 0.25) is 0 Å². The van der Waals surface area contributed by atoms with Crippen LogP contribution in [-0.4, -0.2) is 36.6 Å². The Balaban J connectivity index is 1.81. The smallest absolute Gasteiger partial charge is 0.124 e. The number of aliphatic hydroxyl groups is 2. The Morgan fingerprint density at radius 3 is 1.67 bits per heavy atom. The van der Waals surface area contributed by atoms with Crippen LogP contribution < -0.4 is 9.47 Å². The molecule has 166 valence electrons. The lowest BCUT2D eigenvalue weighted by molar-refractivity contribution is 0.199. The SMILES string of the molecule is OCCOc1ccc(C2(c3ccccc3OCCO)c3ccccc3-c3ccccc32)cc1. The van der Waals surface area contributed by atoms with Gasteiger partial charge in [0.15, 0.2) is 0 Å². The van der Waals surface area contributed by atoms with Gasteiger partial charge in [-0.25, -0.2) is 0 Å². The van der Waals surface area contributed by atoms with Gasteiger partial charge in [0.2, 0.25) is 0 Å². The summed E-state index contributed by atoms with van der Waals surface area (Å²) in [5.41, 5.74) is 6.31. The monoisotopic (exact) mass is 438 g/mol. The molecule has 4 aromatic rings. The highest BCUT2D eigenvalue weighted by molar-refractivity contribution is 5.86. The maximum Gasteiger partial charge on any atom is 0.124 e. The summed E-state index contributed by atoms with van der Waals surface area (Å²) in [5.74, 6) is 1.46. The summed E-state index contributed by atoms with van der Waals surface area (Å²) in [7, 11) is 0. The molecule has 0 aliphatic heterocycles. The molecule has 0 unspecified atom stereocenters. The van der Waals surface area contributed by atoms with Gasteiger partial charge in [0.1, 0.15) is 24.7 Å². The first-order chi connectivity index (χ1) is 16.3. The Bertz CT molecular complexity index is 1200. The predicted octanol–water partition coefficient (Wildman–Crippen LogP) is 4.79. The highest BCUT2D eigenvalue weighted by atomic mass is 16.5. The van der Waals surface area contributed by atoms with Gasteiger partial charge >= 0.3 is 0 Å². The van der Waals surface area contributed by atoms with E-state index < -0.39 is 5.41 Å². The second-order valence-corrected chi connectivity index (χ2v) is 8.01. The van der Waals surface area contributed by atoms with Crippen LogP contribution >= 0.6 is 0 Å². The normalized spacial score (nSPS) is 13.3. The average Bonchev–Trinajstić information content (AvgIpc) is 3.18. The van der Waals surface area contributed by atoms with Crippen LogP contribution in [-0.2, 0) is 5.41 Å². The molecular weight excluding hydrogens is 412 g/mol. The Morgan fingerprint density at radius 2 is 1.06 bits per heavy atom. The first kappa shape index (κ1) is 21.3. The summed E-state index contributed by atoms with van der Waals surface area (Å²) < 4.78 is 11.7. The number of fused-ring (bicyclic) bond motifs is 3. The van der Waals surface area contributed by atoms with E-state index in [4.69, 9.17) is 14.6 Å². The summed E-state index contributed by atoms with van der Waals surface area (Å²) in [5, 5.41) is 18.5. The van der Waals surface area contributed by atoms with Gasteiger partial charge in [0.05, 0.1) is 18.6 Å². The molecule has 0 saturated heterocycles. The summed E-state index contributed by atoms with van der Waals surface area (Å²) in [6.07, 6.45) is 0. The molecule has 4 aromatic carbocycles. The molecule has 0 saturated carbocycles. The van der Waals surface area contributed by atoms with Crippen molar-refractivity contribution in [2.24, 2.45) is 0 Å². The van der Waals surface area contributed by atoms with Crippen LogP contribution in [0.5, 0.6) is 11.5 Å². The fraction of sp³-hybridized carbons (Fsp3) is 0.172. The van der Waals surface area contributed by atoms with Gasteiger partial charge < -0.3 is 19.7 Å². The number of aliphatic hydroxyl groups excluding tert-OH is 2. The van der Waals surface area contributed by atoms with Crippen LogP contribution in [0.3, 0.4) is 0 Å². The van der Waals surface area contributed by atoms with E-state index in [0.29, 0.717) is 5.75 Å². The molecule has 4 heteroatoms. The largest absolute Gasteiger partial charge is 0.491 e. The van der Waals surface area contributed by atoms with Crippen molar-refractivity contribution in [2.75, 3.05) is 26.4 Å². The molecule has 0 radical (unpaired) electrons. The number of rotatable bonds is 8. The fourth-order valence-corrected chi connectivity index (χ4v) is 5.01. The van der Waals surface area contributed by atoms with E-state index in [9.17, 15) is 5.11 Å². The van der Waals surface area contributed by atoms with Gasteiger partial charge in [-0.2, -0.15) is 0 Å². The maximum atomic E-state index is 9.43. The molecule has 0 atom stereocenters. The molecule has 0 aromatic heterocycles. The van der Waals surface area contributed by atoms with Gasteiger partial charge in [-0.15, -0.1) is 0 Å². The molecule has 33 heavy (non-hydrogen) atoms. The second-order valence-electron chi connectivity index (χ2n) is 8.01. The number of hydrogen-bond acceptors (Lipinski definition) is 4. The standard InChI is InChI=1S/C29H26O4/c30-17-19-32-22-15-13-21(14-16-22)29(27-11-5-6-12-28(27)33-20-18-31)25-9-3-1-7-23(25)24-8-2-4-10-26(24)29/h1-16,30-31H,17-20H2. The van der Waals surface area contributed by atoms with Crippen molar-refractivity contribution in [3.8, 4) is 22.6 Å². The third-order valence-corrected chi connectivity index (χ3v) is 6.24. The molecule has 2 N–H and O–H groups in total. The van der Waals surface area contributed by atoms with Gasteiger partial charge in [-0.1, -0.05) is 78.9 Å². The minimum Gasteiger partial charge on any atom is -0.491 e. The molecule has 0 amide bonds. The van der Waals surface area contributed by atoms with Crippen molar-refractivity contribution in [3.63, 3.8) is 0 Å². The van der Waals surface area contributed by atoms with E-state index in [0.717, 1.165) is 16.9 Å². The van der Waals surface area contributed by atoms with E-state index >= 15 is 0 Å². The summed E-state index contributed by atoms with van der Waals surface area (Å²) in [4.78, 5) is 0. The summed E-state index contributed by atoms with van der Waals surface area (Å²) >= 11 is 0. The highest BCUT2D eigenvalue weighted by Gasteiger charge is 2.47. The zero-order chi connectivity index (χ0) is 22.7. The second kappa shape index (κ2) is 9.10. The average molecular weight is 439 g/mol. The molecule has 0 spiro atoms. The zero-order valence-corrected chi connectivity index (χ0v) is 18.3. The van der Waals surface area contributed by atoms with Crippen molar-refractivity contribution in [2.45, 2.75) is 5.41 Å². The fourth-order valence-electron chi connectivity index (χ4n) is 5.01. The molecule has 0 fully saturated rings. The van der Waals surface area contributed by atoms with Crippen molar-refractivity contribution in [1.29, 1.82) is 0 Å². The first-order valence-electron chi connectivity index (χ1n) is 11.2. The van der Waals surface area contributed by atoms with Crippen LogP contribution in [0.1, 0.15) is 22.3 Å². The Kier molecular flexibility index (Phi) is 5.86. The minimum absolute atomic E-state index is 0.0258. The van der Waals surface area contributed by atoms with E-state index in [-0.39, 0.29) is 26.4 Å². The van der Waals surface area contributed by atoms with Crippen LogP contribution in [0.4, 0.5) is 0 Å². The molecule has 0 heterocycles. The summed E-state index contributed by atoms with van der Waals surface area (Å²) in [6, 6.07) is 33.2. The number of hydrogen-bond donors (Lipinski definition) is 2. The van der Waals surface area contributed by atoms with Gasteiger partial charge in [-0.05, 0) is 46.0 Å². The lowest BCUT2D eigenvalue weighted by Crippen LogP contribution is -2.29. The lowest BCUT2D eigenvalue weighted by atomic mass is 9.67. The highest BCUT2D eigenvalue weighted by Crippen LogP contribution is 2.57. The molecular formula is C29H26O4. The van der Waals surface area contributed by atoms with E-state index in [1.807, 2.05) is 30.3 Å². The summed E-state index contributed by atoms with van der Waals surface area (Å²) in [6.45, 7) is 0.408. The van der Waals surface area contributed by atoms with Crippen molar-refractivity contribution < 1.29 is 19.7 Å². The van der Waals surface area contributed by atoms with E-state index in [1.165, 1.54) is 22.3 Å². The third kappa shape index (κ3) is 3.48. The number of benzene rings is 4. The zero-order valence-electron chi connectivity index (χ0n) is 18.3. The number of ether oxygens (including phenoxy) is 2. The van der Waals surface area contributed by atoms with Crippen LogP contribution in [0, 0.1) is 0 Å². The Hall–Kier alpha value is -3.60.